The van der Waals surface area contributed by atoms with Crippen molar-refractivity contribution in [3.63, 3.8) is 0 Å². The summed E-state index contributed by atoms with van der Waals surface area (Å²) in [4.78, 5) is 7.75. The number of nitrogens with two attached hydrogens (primary N) is 1. The van der Waals surface area contributed by atoms with E-state index >= 15 is 0 Å². The largest absolute Gasteiger partial charge is 0.436 e. The summed E-state index contributed by atoms with van der Waals surface area (Å²) in [6.07, 6.45) is 3.11. The Morgan fingerprint density at radius 2 is 1.94 bits per heavy atom. The van der Waals surface area contributed by atoms with Crippen LogP contribution in [0.15, 0.2) is 29.6 Å². The number of hydrogen-bond donors (Lipinski definition) is 1. The highest BCUT2D eigenvalue weighted by atomic mass is 32.2. The van der Waals surface area contributed by atoms with Crippen molar-refractivity contribution in [1.29, 1.82) is 0 Å². The van der Waals surface area contributed by atoms with Crippen LogP contribution in [-0.2, 0) is 0 Å². The molecule has 7 heteroatoms. The molecule has 0 aliphatic heterocycles. The maximum absolute atomic E-state index is 13.5. The number of benzene rings is 1. The van der Waals surface area contributed by atoms with Crippen LogP contribution in [0.2, 0.25) is 0 Å². The number of aromatic nitrogens is 2. The fraction of sp³-hybridized carbons (Fsp3) is 0.0909. The third-order valence-corrected chi connectivity index (χ3v) is 2.73. The van der Waals surface area contributed by atoms with E-state index in [0.29, 0.717) is 5.03 Å². The average molecular weight is 269 g/mol. The van der Waals surface area contributed by atoms with Crippen LogP contribution in [0.4, 0.5) is 14.5 Å². The topological polar surface area (TPSA) is 61.0 Å². The molecule has 2 aromatic rings. The lowest BCUT2D eigenvalue weighted by molar-refractivity contribution is 0.420. The fourth-order valence-electron chi connectivity index (χ4n) is 1.23. The van der Waals surface area contributed by atoms with Crippen LogP contribution in [0.25, 0.3) is 0 Å². The second kappa shape index (κ2) is 5.18. The first-order valence-corrected chi connectivity index (χ1v) is 6.11. The molecule has 0 amide bonds. The molecule has 0 unspecified atom stereocenters. The van der Waals surface area contributed by atoms with Crippen molar-refractivity contribution >= 4 is 17.4 Å². The standard InChI is InChI=1S/C11H9F2N3OS/c1-18-11-4-10(15-5-16-11)17-9-3-6(12)8(14)2-7(9)13/h2-5H,14H2,1H3. The second-order valence-corrected chi connectivity index (χ2v) is 4.13. The Morgan fingerprint density at radius 1 is 1.17 bits per heavy atom. The molecule has 0 saturated heterocycles. The highest BCUT2D eigenvalue weighted by Gasteiger charge is 2.11. The molecule has 1 heterocycles. The molecule has 0 fully saturated rings. The summed E-state index contributed by atoms with van der Waals surface area (Å²) in [5.41, 5.74) is 4.96. The molecule has 0 radical (unpaired) electrons. The Hall–Kier alpha value is -1.89. The molecule has 0 bridgehead atoms. The summed E-state index contributed by atoms with van der Waals surface area (Å²) < 4.78 is 31.8. The minimum absolute atomic E-state index is 0.137. The van der Waals surface area contributed by atoms with Crippen LogP contribution >= 0.6 is 11.8 Å². The predicted octanol–water partition coefficient (Wildman–Crippen LogP) is 2.85. The molecule has 0 atom stereocenters. The van der Waals surface area contributed by atoms with E-state index in [1.807, 2.05) is 6.26 Å². The van der Waals surface area contributed by atoms with Crippen LogP contribution in [0.3, 0.4) is 0 Å². The van der Waals surface area contributed by atoms with Gasteiger partial charge in [-0.1, -0.05) is 0 Å². The van der Waals surface area contributed by atoms with Crippen molar-refractivity contribution < 1.29 is 13.5 Å². The fourth-order valence-corrected chi connectivity index (χ4v) is 1.60. The number of anilines is 1. The number of nitrogens with zero attached hydrogens (tertiary/aromatic N) is 2. The Labute approximate surface area is 106 Å². The average Bonchev–Trinajstić information content (AvgIpc) is 2.36. The van der Waals surface area contributed by atoms with E-state index < -0.39 is 11.6 Å². The van der Waals surface area contributed by atoms with E-state index in [4.69, 9.17) is 10.5 Å². The highest BCUT2D eigenvalue weighted by Crippen LogP contribution is 2.27. The van der Waals surface area contributed by atoms with Crippen LogP contribution in [0, 0.1) is 11.6 Å². The van der Waals surface area contributed by atoms with Crippen LogP contribution in [0.5, 0.6) is 11.6 Å². The summed E-state index contributed by atoms with van der Waals surface area (Å²) in [5, 5.41) is 0.663. The van der Waals surface area contributed by atoms with Crippen molar-refractivity contribution in [3.8, 4) is 11.6 Å². The van der Waals surface area contributed by atoms with Gasteiger partial charge in [0, 0.05) is 18.2 Å². The first kappa shape index (κ1) is 12.6. The molecule has 0 spiro atoms. The van der Waals surface area contributed by atoms with Crippen molar-refractivity contribution in [3.05, 3.63) is 36.2 Å². The Morgan fingerprint density at radius 3 is 2.67 bits per heavy atom. The number of rotatable bonds is 3. The number of ether oxygens (including phenoxy) is 1. The molecule has 1 aromatic heterocycles. The predicted molar refractivity (Wildman–Crippen MR) is 64.7 cm³/mol. The molecular weight excluding hydrogens is 260 g/mol. The van der Waals surface area contributed by atoms with Crippen LogP contribution in [0.1, 0.15) is 0 Å². The van der Waals surface area contributed by atoms with Gasteiger partial charge in [-0.2, -0.15) is 0 Å². The van der Waals surface area contributed by atoms with Crippen molar-refractivity contribution in [2.24, 2.45) is 0 Å². The minimum Gasteiger partial charge on any atom is -0.436 e. The smallest absolute Gasteiger partial charge is 0.223 e. The van der Waals surface area contributed by atoms with Gasteiger partial charge in [0.05, 0.1) is 5.69 Å². The summed E-state index contributed by atoms with van der Waals surface area (Å²) in [6.45, 7) is 0. The van der Waals surface area contributed by atoms with Gasteiger partial charge in [0.15, 0.2) is 11.6 Å². The molecule has 2 rings (SSSR count). The van der Waals surface area contributed by atoms with E-state index in [0.717, 1.165) is 12.1 Å². The maximum Gasteiger partial charge on any atom is 0.223 e. The van der Waals surface area contributed by atoms with E-state index in [1.165, 1.54) is 24.2 Å². The monoisotopic (exact) mass is 269 g/mol. The molecule has 18 heavy (non-hydrogen) atoms. The summed E-state index contributed by atoms with van der Waals surface area (Å²) in [5.74, 6) is -1.63. The first-order chi connectivity index (χ1) is 8.60. The highest BCUT2D eigenvalue weighted by molar-refractivity contribution is 7.98. The van der Waals surface area contributed by atoms with Crippen LogP contribution < -0.4 is 10.5 Å². The molecular formula is C11H9F2N3OS. The van der Waals surface area contributed by atoms with Gasteiger partial charge in [-0.15, -0.1) is 11.8 Å². The van der Waals surface area contributed by atoms with Crippen molar-refractivity contribution in [2.45, 2.75) is 5.03 Å². The van der Waals surface area contributed by atoms with Gasteiger partial charge < -0.3 is 10.5 Å². The van der Waals surface area contributed by atoms with Gasteiger partial charge >= 0.3 is 0 Å². The lowest BCUT2D eigenvalue weighted by atomic mass is 10.3. The van der Waals surface area contributed by atoms with Gasteiger partial charge in [0.1, 0.15) is 17.2 Å². The first-order valence-electron chi connectivity index (χ1n) is 4.88. The third kappa shape index (κ3) is 2.67. The molecule has 0 saturated carbocycles. The Bertz CT molecular complexity index is 580. The molecule has 0 aliphatic carbocycles. The maximum atomic E-state index is 13.5. The van der Waals surface area contributed by atoms with Gasteiger partial charge in [-0.3, -0.25) is 0 Å². The SMILES string of the molecule is CSc1cc(Oc2cc(F)c(N)cc2F)ncn1. The molecule has 94 valence electrons. The number of hydrogen-bond acceptors (Lipinski definition) is 5. The van der Waals surface area contributed by atoms with Crippen molar-refractivity contribution in [1.82, 2.24) is 9.97 Å². The quantitative estimate of drug-likeness (QED) is 0.527. The van der Waals surface area contributed by atoms with Gasteiger partial charge in [0.25, 0.3) is 0 Å². The van der Waals surface area contributed by atoms with E-state index in [9.17, 15) is 8.78 Å². The molecule has 1 aromatic carbocycles. The van der Waals surface area contributed by atoms with E-state index in [-0.39, 0.29) is 17.3 Å². The third-order valence-electron chi connectivity index (χ3n) is 2.09. The van der Waals surface area contributed by atoms with E-state index in [2.05, 4.69) is 9.97 Å². The summed E-state index contributed by atoms with van der Waals surface area (Å²) >= 11 is 1.38. The van der Waals surface area contributed by atoms with Gasteiger partial charge in [-0.05, 0) is 6.26 Å². The molecule has 2 N–H and O–H groups in total. The van der Waals surface area contributed by atoms with E-state index in [1.54, 1.807) is 0 Å². The lowest BCUT2D eigenvalue weighted by Crippen LogP contribution is -1.97. The minimum atomic E-state index is -0.752. The number of thioether (sulfide) groups is 1. The van der Waals surface area contributed by atoms with Crippen LogP contribution in [-0.4, -0.2) is 16.2 Å². The zero-order chi connectivity index (χ0) is 13.1. The lowest BCUT2D eigenvalue weighted by Gasteiger charge is -2.07. The van der Waals surface area contributed by atoms with Crippen molar-refractivity contribution in [2.75, 3.05) is 12.0 Å². The molecule has 0 aliphatic rings. The van der Waals surface area contributed by atoms with Gasteiger partial charge in [0.2, 0.25) is 5.88 Å². The zero-order valence-corrected chi connectivity index (χ0v) is 10.2. The van der Waals surface area contributed by atoms with Gasteiger partial charge in [-0.25, -0.2) is 18.7 Å². The number of nitrogen functional groups attached to an aromatic ring is 1. The Balaban J connectivity index is 2.30. The Kier molecular flexibility index (Phi) is 3.61. The summed E-state index contributed by atoms with van der Waals surface area (Å²) in [6, 6.07) is 3.27. The molecule has 4 nitrogen and oxygen atoms in total. The summed E-state index contributed by atoms with van der Waals surface area (Å²) in [7, 11) is 0. The zero-order valence-electron chi connectivity index (χ0n) is 9.35. The normalized spacial score (nSPS) is 10.4. The second-order valence-electron chi connectivity index (χ2n) is 3.30. The number of halogens is 2.